The summed E-state index contributed by atoms with van der Waals surface area (Å²) in [6.45, 7) is 5.63. The van der Waals surface area contributed by atoms with E-state index in [1.54, 1.807) is 0 Å². The molecule has 1 aromatic carbocycles. The summed E-state index contributed by atoms with van der Waals surface area (Å²) in [5.41, 5.74) is 1.38. The molecule has 1 unspecified atom stereocenters. The maximum atomic E-state index is 9.49. The van der Waals surface area contributed by atoms with Crippen LogP contribution >= 0.6 is 0 Å². The summed E-state index contributed by atoms with van der Waals surface area (Å²) in [6, 6.07) is 10.7. The van der Waals surface area contributed by atoms with E-state index in [-0.39, 0.29) is 6.61 Å². The molecular formula is C27H50NO+. The van der Waals surface area contributed by atoms with Gasteiger partial charge >= 0.3 is 0 Å². The Balaban J connectivity index is 1.97. The van der Waals surface area contributed by atoms with E-state index in [9.17, 15) is 5.11 Å². The first kappa shape index (κ1) is 26.2. The maximum absolute atomic E-state index is 9.49. The van der Waals surface area contributed by atoms with E-state index in [1.165, 1.54) is 108 Å². The number of nitrogens with zero attached hydrogens (tertiary/aromatic N) is 1. The molecule has 1 aromatic rings. The summed E-state index contributed by atoms with van der Waals surface area (Å²) in [5, 5.41) is 9.49. The van der Waals surface area contributed by atoms with Gasteiger partial charge in [-0.2, -0.15) is 0 Å². The van der Waals surface area contributed by atoms with Gasteiger partial charge in [-0.05, 0) is 12.8 Å². The van der Waals surface area contributed by atoms with E-state index in [0.717, 1.165) is 17.6 Å². The summed E-state index contributed by atoms with van der Waals surface area (Å²) in [4.78, 5) is 0. The van der Waals surface area contributed by atoms with Gasteiger partial charge < -0.3 is 9.59 Å². The molecule has 0 aliphatic carbocycles. The molecule has 2 heteroatoms. The van der Waals surface area contributed by atoms with Gasteiger partial charge in [-0.1, -0.05) is 121 Å². The normalized spacial score (nSPS) is 13.5. The van der Waals surface area contributed by atoms with Crippen LogP contribution in [0, 0.1) is 0 Å². The molecule has 0 bridgehead atoms. The van der Waals surface area contributed by atoms with Crippen molar-refractivity contribution in [1.82, 2.24) is 0 Å². The molecule has 0 heterocycles. The molecule has 0 aromatic heterocycles. The average Bonchev–Trinajstić information content (AvgIpc) is 2.72. The van der Waals surface area contributed by atoms with Gasteiger partial charge in [0, 0.05) is 5.56 Å². The van der Waals surface area contributed by atoms with Crippen molar-refractivity contribution < 1.29 is 9.59 Å². The van der Waals surface area contributed by atoms with Gasteiger partial charge in [-0.15, -0.1) is 0 Å². The summed E-state index contributed by atoms with van der Waals surface area (Å²) in [6.07, 6.45) is 21.2. The second-order valence-electron chi connectivity index (χ2n) is 9.38. The monoisotopic (exact) mass is 404 g/mol. The van der Waals surface area contributed by atoms with Gasteiger partial charge in [-0.3, -0.25) is 0 Å². The lowest BCUT2D eigenvalue weighted by atomic mass is 10.0. The number of unbranched alkanes of at least 4 members (excludes halogenated alkanes) is 14. The van der Waals surface area contributed by atoms with E-state index in [2.05, 4.69) is 44.3 Å². The minimum absolute atomic E-state index is 0.280. The standard InChI is InChI=1S/C27H50NO/c1-3-4-5-6-7-8-9-10-11-12-13-14-15-16-20-23-28(2,24-25-29)26-27-21-18-17-19-22-27/h17-19,21-22,29H,3-16,20,23-26H2,1-2H3/q+1. The molecule has 0 saturated carbocycles. The Kier molecular flexibility index (Phi) is 16.2. The van der Waals surface area contributed by atoms with Crippen LogP contribution in [0.2, 0.25) is 0 Å². The largest absolute Gasteiger partial charge is 0.391 e. The van der Waals surface area contributed by atoms with E-state index in [4.69, 9.17) is 0 Å². The molecule has 0 aliphatic rings. The number of rotatable bonds is 20. The molecule has 0 fully saturated rings. The predicted molar refractivity (Wildman–Crippen MR) is 128 cm³/mol. The summed E-state index contributed by atoms with van der Waals surface area (Å²) in [5.74, 6) is 0. The van der Waals surface area contributed by atoms with Crippen molar-refractivity contribution in [3.63, 3.8) is 0 Å². The quantitative estimate of drug-likeness (QED) is 0.176. The average molecular weight is 405 g/mol. The zero-order valence-electron chi connectivity index (χ0n) is 19.7. The summed E-state index contributed by atoms with van der Waals surface area (Å²) >= 11 is 0. The van der Waals surface area contributed by atoms with E-state index < -0.39 is 0 Å². The molecule has 0 radical (unpaired) electrons. The summed E-state index contributed by atoms with van der Waals surface area (Å²) < 4.78 is 0.957. The van der Waals surface area contributed by atoms with Gasteiger partial charge in [0.2, 0.25) is 0 Å². The number of aliphatic hydroxyl groups is 1. The number of quaternary nitrogens is 1. The second-order valence-corrected chi connectivity index (χ2v) is 9.38. The van der Waals surface area contributed by atoms with Crippen molar-refractivity contribution in [1.29, 1.82) is 0 Å². The third-order valence-corrected chi connectivity index (χ3v) is 6.35. The Hall–Kier alpha value is -0.860. The van der Waals surface area contributed by atoms with Gasteiger partial charge in [0.05, 0.1) is 20.2 Å². The van der Waals surface area contributed by atoms with Gasteiger partial charge in [-0.25, -0.2) is 0 Å². The molecule has 1 N–H and O–H groups in total. The fourth-order valence-electron chi connectivity index (χ4n) is 4.40. The highest BCUT2D eigenvalue weighted by Crippen LogP contribution is 2.16. The smallest absolute Gasteiger partial charge is 0.104 e. The third kappa shape index (κ3) is 14.7. The molecule has 29 heavy (non-hydrogen) atoms. The van der Waals surface area contributed by atoms with Crippen LogP contribution in [0.15, 0.2) is 30.3 Å². The highest BCUT2D eigenvalue weighted by molar-refractivity contribution is 5.13. The van der Waals surface area contributed by atoms with Crippen LogP contribution in [0.1, 0.15) is 109 Å². The van der Waals surface area contributed by atoms with E-state index >= 15 is 0 Å². The topological polar surface area (TPSA) is 20.2 Å². The van der Waals surface area contributed by atoms with Crippen molar-refractivity contribution >= 4 is 0 Å². The first-order chi connectivity index (χ1) is 14.2. The molecule has 2 nitrogen and oxygen atoms in total. The molecule has 0 spiro atoms. The Morgan fingerprint density at radius 1 is 0.621 bits per heavy atom. The van der Waals surface area contributed by atoms with Crippen molar-refractivity contribution in [2.75, 3.05) is 26.7 Å². The number of likely N-dealkylation sites (N-methyl/N-ethyl adjacent to an activating group) is 1. The number of hydrogen-bond acceptors (Lipinski definition) is 1. The number of benzene rings is 1. The zero-order valence-corrected chi connectivity index (χ0v) is 19.7. The number of hydrogen-bond donors (Lipinski definition) is 1. The van der Waals surface area contributed by atoms with Gasteiger partial charge in [0.1, 0.15) is 13.1 Å². The molecule has 1 atom stereocenters. The van der Waals surface area contributed by atoms with Crippen LogP contribution in [0.4, 0.5) is 0 Å². The molecule has 168 valence electrons. The fraction of sp³-hybridized carbons (Fsp3) is 0.778. The van der Waals surface area contributed by atoms with Crippen LogP contribution in [-0.4, -0.2) is 36.3 Å². The van der Waals surface area contributed by atoms with Crippen molar-refractivity contribution in [2.45, 2.75) is 110 Å². The van der Waals surface area contributed by atoms with Gasteiger partial charge in [0.25, 0.3) is 0 Å². The lowest BCUT2D eigenvalue weighted by molar-refractivity contribution is -0.923. The first-order valence-corrected chi connectivity index (χ1v) is 12.7. The zero-order chi connectivity index (χ0) is 21.0. The minimum Gasteiger partial charge on any atom is -0.391 e. The molecule has 0 amide bonds. The molecule has 0 aliphatic heterocycles. The minimum atomic E-state index is 0.280. The Morgan fingerprint density at radius 2 is 1.07 bits per heavy atom. The third-order valence-electron chi connectivity index (χ3n) is 6.35. The van der Waals surface area contributed by atoms with Crippen molar-refractivity contribution in [3.8, 4) is 0 Å². The molecule has 0 saturated heterocycles. The van der Waals surface area contributed by atoms with Crippen LogP contribution in [-0.2, 0) is 6.54 Å². The highest BCUT2D eigenvalue weighted by atomic mass is 16.3. The van der Waals surface area contributed by atoms with Crippen LogP contribution in [0.5, 0.6) is 0 Å². The first-order valence-electron chi connectivity index (χ1n) is 12.7. The molecular weight excluding hydrogens is 354 g/mol. The Morgan fingerprint density at radius 3 is 1.52 bits per heavy atom. The van der Waals surface area contributed by atoms with E-state index in [0.29, 0.717) is 0 Å². The maximum Gasteiger partial charge on any atom is 0.104 e. The lowest BCUT2D eigenvalue weighted by Crippen LogP contribution is -2.46. The van der Waals surface area contributed by atoms with Crippen molar-refractivity contribution in [3.05, 3.63) is 35.9 Å². The predicted octanol–water partition coefficient (Wildman–Crippen LogP) is 7.50. The fourth-order valence-corrected chi connectivity index (χ4v) is 4.40. The number of aliphatic hydroxyl groups excluding tert-OH is 1. The second kappa shape index (κ2) is 18.0. The Bertz CT molecular complexity index is 461. The lowest BCUT2D eigenvalue weighted by Gasteiger charge is -2.34. The molecule has 1 rings (SSSR count). The summed E-state index contributed by atoms with van der Waals surface area (Å²) in [7, 11) is 2.30. The van der Waals surface area contributed by atoms with Crippen molar-refractivity contribution in [2.24, 2.45) is 0 Å². The highest BCUT2D eigenvalue weighted by Gasteiger charge is 2.20. The Labute approximate surface area is 182 Å². The van der Waals surface area contributed by atoms with Crippen LogP contribution in [0.25, 0.3) is 0 Å². The van der Waals surface area contributed by atoms with Gasteiger partial charge in [0.15, 0.2) is 0 Å². The van der Waals surface area contributed by atoms with E-state index in [1.807, 2.05) is 0 Å². The SMILES string of the molecule is CCCCCCCCCCCCCCCCC[N+](C)(CCO)Cc1ccccc1. The van der Waals surface area contributed by atoms with Crippen LogP contribution < -0.4 is 0 Å². The van der Waals surface area contributed by atoms with Crippen LogP contribution in [0.3, 0.4) is 0 Å².